The van der Waals surface area contributed by atoms with Gasteiger partial charge >= 0.3 is 5.97 Å². The number of aromatic nitrogens is 1. The zero-order valence-electron chi connectivity index (χ0n) is 12.6. The van der Waals surface area contributed by atoms with Gasteiger partial charge in [-0.05, 0) is 25.0 Å². The normalized spacial score (nSPS) is 10.2. The molecule has 0 aliphatic heterocycles. The maximum Gasteiger partial charge on any atom is 0.303 e. The standard InChI is InChI=1S/C15H23N3O3/c1-3-9-18(10-4-2)12-5-6-13(16-11-12)17-14(19)7-8-15(20)21/h5-6,11H,3-4,7-10H2,1-2H3,(H,20,21)(H,16,17,19). The number of nitrogens with zero attached hydrogens (tertiary/aromatic N) is 2. The van der Waals surface area contributed by atoms with Crippen molar-refractivity contribution < 1.29 is 14.7 Å². The van der Waals surface area contributed by atoms with Gasteiger partial charge in [0.05, 0.1) is 18.3 Å². The van der Waals surface area contributed by atoms with E-state index < -0.39 is 5.97 Å². The number of carbonyl (C=O) groups is 2. The second-order valence-corrected chi connectivity index (χ2v) is 4.83. The molecular formula is C15H23N3O3. The summed E-state index contributed by atoms with van der Waals surface area (Å²) in [5.41, 5.74) is 1.03. The highest BCUT2D eigenvalue weighted by Crippen LogP contribution is 2.16. The number of amides is 1. The molecule has 1 heterocycles. The van der Waals surface area contributed by atoms with Crippen LogP contribution in [0.4, 0.5) is 11.5 Å². The minimum Gasteiger partial charge on any atom is -0.481 e. The first kappa shape index (κ1) is 16.9. The minimum absolute atomic E-state index is 0.0451. The van der Waals surface area contributed by atoms with E-state index in [9.17, 15) is 9.59 Å². The van der Waals surface area contributed by atoms with Crippen LogP contribution in [0.3, 0.4) is 0 Å². The smallest absolute Gasteiger partial charge is 0.303 e. The zero-order valence-corrected chi connectivity index (χ0v) is 12.6. The molecule has 0 aliphatic rings. The number of carboxylic acid groups (broad SMARTS) is 1. The maximum absolute atomic E-state index is 11.5. The molecule has 0 fully saturated rings. The summed E-state index contributed by atoms with van der Waals surface area (Å²) in [4.78, 5) is 28.4. The van der Waals surface area contributed by atoms with Crippen LogP contribution in [0.15, 0.2) is 18.3 Å². The molecule has 0 saturated heterocycles. The molecule has 1 amide bonds. The second-order valence-electron chi connectivity index (χ2n) is 4.83. The second kappa shape index (κ2) is 8.94. The predicted molar refractivity (Wildman–Crippen MR) is 82.5 cm³/mol. The summed E-state index contributed by atoms with van der Waals surface area (Å²) >= 11 is 0. The van der Waals surface area contributed by atoms with E-state index in [0.717, 1.165) is 31.6 Å². The molecule has 1 rings (SSSR count). The zero-order chi connectivity index (χ0) is 15.7. The molecule has 6 nitrogen and oxygen atoms in total. The summed E-state index contributed by atoms with van der Waals surface area (Å²) in [6.45, 7) is 6.21. The molecule has 0 bridgehead atoms. The molecule has 0 spiro atoms. The molecule has 0 aromatic carbocycles. The van der Waals surface area contributed by atoms with Crippen molar-refractivity contribution in [3.05, 3.63) is 18.3 Å². The van der Waals surface area contributed by atoms with Gasteiger partial charge in [-0.3, -0.25) is 9.59 Å². The molecule has 0 aliphatic carbocycles. The van der Waals surface area contributed by atoms with E-state index in [4.69, 9.17) is 5.11 Å². The summed E-state index contributed by atoms with van der Waals surface area (Å²) in [5.74, 6) is -0.873. The summed E-state index contributed by atoms with van der Waals surface area (Å²) in [6, 6.07) is 3.66. The Morgan fingerprint density at radius 3 is 2.33 bits per heavy atom. The third-order valence-corrected chi connectivity index (χ3v) is 2.93. The molecule has 0 saturated carbocycles. The van der Waals surface area contributed by atoms with Crippen LogP contribution in [0.2, 0.25) is 0 Å². The Bertz CT molecular complexity index is 454. The van der Waals surface area contributed by atoms with E-state index in [-0.39, 0.29) is 18.7 Å². The summed E-state index contributed by atoms with van der Waals surface area (Å²) in [5, 5.41) is 11.1. The van der Waals surface area contributed by atoms with Crippen molar-refractivity contribution in [1.29, 1.82) is 0 Å². The summed E-state index contributed by atoms with van der Waals surface area (Å²) in [6.07, 6.45) is 3.64. The van der Waals surface area contributed by atoms with Crippen molar-refractivity contribution in [3.8, 4) is 0 Å². The Morgan fingerprint density at radius 2 is 1.86 bits per heavy atom. The number of pyridine rings is 1. The molecule has 0 unspecified atom stereocenters. The van der Waals surface area contributed by atoms with Crippen molar-refractivity contribution in [2.75, 3.05) is 23.3 Å². The van der Waals surface area contributed by atoms with Crippen LogP contribution < -0.4 is 10.2 Å². The van der Waals surface area contributed by atoms with Gasteiger partial charge in [-0.2, -0.15) is 0 Å². The Hall–Kier alpha value is -2.11. The van der Waals surface area contributed by atoms with E-state index in [1.807, 2.05) is 6.07 Å². The number of anilines is 2. The monoisotopic (exact) mass is 293 g/mol. The van der Waals surface area contributed by atoms with E-state index >= 15 is 0 Å². The topological polar surface area (TPSA) is 82.5 Å². The molecule has 0 radical (unpaired) electrons. The summed E-state index contributed by atoms with van der Waals surface area (Å²) in [7, 11) is 0. The van der Waals surface area contributed by atoms with Crippen molar-refractivity contribution >= 4 is 23.4 Å². The largest absolute Gasteiger partial charge is 0.481 e. The molecule has 116 valence electrons. The number of nitrogens with one attached hydrogen (secondary N) is 1. The molecule has 0 atom stereocenters. The average Bonchev–Trinajstić information content (AvgIpc) is 2.46. The molecular weight excluding hydrogens is 270 g/mol. The Kier molecular flexibility index (Phi) is 7.21. The number of rotatable bonds is 9. The van der Waals surface area contributed by atoms with Crippen molar-refractivity contribution in [2.45, 2.75) is 39.5 Å². The highest BCUT2D eigenvalue weighted by atomic mass is 16.4. The average molecular weight is 293 g/mol. The van der Waals surface area contributed by atoms with Gasteiger partial charge in [-0.1, -0.05) is 13.8 Å². The fourth-order valence-corrected chi connectivity index (χ4v) is 1.98. The molecule has 1 aromatic rings. The molecule has 1 aromatic heterocycles. The number of carbonyl (C=O) groups excluding carboxylic acids is 1. The molecule has 6 heteroatoms. The van der Waals surface area contributed by atoms with Gasteiger partial charge < -0.3 is 15.3 Å². The molecule has 2 N–H and O–H groups in total. The fourth-order valence-electron chi connectivity index (χ4n) is 1.98. The van der Waals surface area contributed by atoms with E-state index in [1.165, 1.54) is 0 Å². The third kappa shape index (κ3) is 6.25. The van der Waals surface area contributed by atoms with Gasteiger partial charge in [0.25, 0.3) is 0 Å². The minimum atomic E-state index is -0.983. The highest BCUT2D eigenvalue weighted by molar-refractivity contribution is 5.91. The predicted octanol–water partition coefficient (Wildman–Crippen LogP) is 2.51. The molecule has 21 heavy (non-hydrogen) atoms. The number of carboxylic acids is 1. The van der Waals surface area contributed by atoms with Crippen LogP contribution in [0.5, 0.6) is 0 Å². The van der Waals surface area contributed by atoms with Crippen LogP contribution in [-0.4, -0.2) is 35.1 Å². The van der Waals surface area contributed by atoms with Crippen LogP contribution in [0, 0.1) is 0 Å². The Balaban J connectivity index is 2.60. The van der Waals surface area contributed by atoms with Gasteiger partial charge in [-0.25, -0.2) is 4.98 Å². The van der Waals surface area contributed by atoms with Gasteiger partial charge in [0, 0.05) is 19.5 Å². The first-order valence-corrected chi connectivity index (χ1v) is 7.29. The lowest BCUT2D eigenvalue weighted by atomic mass is 10.3. The Morgan fingerprint density at radius 1 is 1.19 bits per heavy atom. The van der Waals surface area contributed by atoms with Crippen LogP contribution in [0.25, 0.3) is 0 Å². The van der Waals surface area contributed by atoms with Crippen LogP contribution in [0.1, 0.15) is 39.5 Å². The van der Waals surface area contributed by atoms with E-state index in [1.54, 1.807) is 12.3 Å². The number of aliphatic carboxylic acids is 1. The van der Waals surface area contributed by atoms with Crippen molar-refractivity contribution in [2.24, 2.45) is 0 Å². The van der Waals surface area contributed by atoms with Gasteiger partial charge in [0.1, 0.15) is 5.82 Å². The first-order chi connectivity index (χ1) is 10.1. The lowest BCUT2D eigenvalue weighted by molar-refractivity contribution is -0.138. The summed E-state index contributed by atoms with van der Waals surface area (Å²) < 4.78 is 0. The van der Waals surface area contributed by atoms with Gasteiger partial charge in [-0.15, -0.1) is 0 Å². The fraction of sp³-hybridized carbons (Fsp3) is 0.533. The lowest BCUT2D eigenvalue weighted by Gasteiger charge is -2.23. The third-order valence-electron chi connectivity index (χ3n) is 2.93. The van der Waals surface area contributed by atoms with Crippen LogP contribution >= 0.6 is 0 Å². The van der Waals surface area contributed by atoms with Gasteiger partial charge in [0.15, 0.2) is 0 Å². The highest BCUT2D eigenvalue weighted by Gasteiger charge is 2.08. The maximum atomic E-state index is 11.5. The van der Waals surface area contributed by atoms with E-state index in [0.29, 0.717) is 5.82 Å². The quantitative estimate of drug-likeness (QED) is 0.731. The Labute approximate surface area is 125 Å². The SMILES string of the molecule is CCCN(CCC)c1ccc(NC(=O)CCC(=O)O)nc1. The van der Waals surface area contributed by atoms with Crippen molar-refractivity contribution in [3.63, 3.8) is 0 Å². The number of hydrogen-bond donors (Lipinski definition) is 2. The van der Waals surface area contributed by atoms with Crippen LogP contribution in [-0.2, 0) is 9.59 Å². The van der Waals surface area contributed by atoms with Gasteiger partial charge in [0.2, 0.25) is 5.91 Å². The van der Waals surface area contributed by atoms with Crippen molar-refractivity contribution in [1.82, 2.24) is 4.98 Å². The van der Waals surface area contributed by atoms with E-state index in [2.05, 4.69) is 29.0 Å². The first-order valence-electron chi connectivity index (χ1n) is 7.29. The lowest BCUT2D eigenvalue weighted by Crippen LogP contribution is -2.25. The number of hydrogen-bond acceptors (Lipinski definition) is 4.